The zero-order chi connectivity index (χ0) is 18.1. The van der Waals surface area contributed by atoms with Gasteiger partial charge in [0.15, 0.2) is 0 Å². The molecule has 1 fully saturated rings. The number of nitrogens with zero attached hydrogens (tertiary/aromatic N) is 3. The third-order valence-electron chi connectivity index (χ3n) is 4.13. The summed E-state index contributed by atoms with van der Waals surface area (Å²) in [5.41, 5.74) is 1.60. The number of aryl methyl sites for hydroxylation is 1. The van der Waals surface area contributed by atoms with Crippen LogP contribution in [0.4, 0.5) is 13.2 Å². The molecule has 1 amide bonds. The molecule has 0 bridgehead atoms. The minimum absolute atomic E-state index is 0.000622. The molecule has 5 nitrogen and oxygen atoms in total. The maximum atomic E-state index is 12.7. The summed E-state index contributed by atoms with van der Waals surface area (Å²) in [6.45, 7) is 7.25. The Kier molecular flexibility index (Phi) is 5.57. The second-order valence-electron chi connectivity index (χ2n) is 6.63. The number of hydrogen-bond donors (Lipinski definition) is 0. The molecule has 0 aromatic carbocycles. The van der Waals surface area contributed by atoms with E-state index in [4.69, 9.17) is 4.74 Å². The van der Waals surface area contributed by atoms with Crippen LogP contribution in [0.2, 0.25) is 0 Å². The van der Waals surface area contributed by atoms with E-state index < -0.39 is 12.7 Å². The van der Waals surface area contributed by atoms with Gasteiger partial charge in [-0.2, -0.15) is 18.3 Å². The maximum Gasteiger partial charge on any atom is 0.408 e. The Labute approximate surface area is 139 Å². The SMILES string of the molecule is Cc1nn(CC(F)(F)F)c(C)c1C1COCCN1C(=O)CC(C)C. The van der Waals surface area contributed by atoms with E-state index in [0.29, 0.717) is 36.5 Å². The molecule has 136 valence electrons. The van der Waals surface area contributed by atoms with Gasteiger partial charge in [-0.1, -0.05) is 13.8 Å². The van der Waals surface area contributed by atoms with Gasteiger partial charge in [-0.15, -0.1) is 0 Å². The highest BCUT2D eigenvalue weighted by molar-refractivity contribution is 5.77. The molecule has 1 atom stereocenters. The van der Waals surface area contributed by atoms with Crippen molar-refractivity contribution in [2.24, 2.45) is 5.92 Å². The van der Waals surface area contributed by atoms with Crippen LogP contribution in [0.5, 0.6) is 0 Å². The van der Waals surface area contributed by atoms with Gasteiger partial charge in [-0.3, -0.25) is 9.48 Å². The number of halogens is 3. The fourth-order valence-corrected chi connectivity index (χ4v) is 3.12. The Morgan fingerprint density at radius 1 is 1.38 bits per heavy atom. The number of amides is 1. The largest absolute Gasteiger partial charge is 0.408 e. The summed E-state index contributed by atoms with van der Waals surface area (Å²) in [6, 6.07) is -0.382. The standard InChI is InChI=1S/C16H24F3N3O2/c1-10(2)7-14(23)21-5-6-24-8-13(21)15-11(3)20-22(12(15)4)9-16(17,18)19/h10,13H,5-9H2,1-4H3. The third-order valence-corrected chi connectivity index (χ3v) is 4.13. The number of carbonyl (C=O) groups is 1. The summed E-state index contributed by atoms with van der Waals surface area (Å²) in [6.07, 6.45) is -3.93. The van der Waals surface area contributed by atoms with Crippen LogP contribution in [0.3, 0.4) is 0 Å². The average Bonchev–Trinajstić information content (AvgIpc) is 2.70. The lowest BCUT2D eigenvalue weighted by molar-refractivity contribution is -0.143. The summed E-state index contributed by atoms with van der Waals surface area (Å²) in [7, 11) is 0. The molecule has 0 N–H and O–H groups in total. The van der Waals surface area contributed by atoms with E-state index in [2.05, 4.69) is 5.10 Å². The molecule has 1 unspecified atom stereocenters. The quantitative estimate of drug-likeness (QED) is 0.841. The first-order valence-corrected chi connectivity index (χ1v) is 8.08. The fourth-order valence-electron chi connectivity index (χ4n) is 3.12. The molecule has 2 heterocycles. The summed E-state index contributed by atoms with van der Waals surface area (Å²) >= 11 is 0. The Morgan fingerprint density at radius 3 is 2.62 bits per heavy atom. The van der Waals surface area contributed by atoms with Crippen molar-refractivity contribution in [1.29, 1.82) is 0 Å². The van der Waals surface area contributed by atoms with Crippen molar-refractivity contribution in [3.63, 3.8) is 0 Å². The number of carbonyl (C=O) groups excluding carboxylic acids is 1. The normalized spacial score (nSPS) is 19.2. The van der Waals surface area contributed by atoms with Crippen LogP contribution in [0.1, 0.15) is 43.3 Å². The lowest BCUT2D eigenvalue weighted by Crippen LogP contribution is -2.44. The number of hydrogen-bond acceptors (Lipinski definition) is 3. The molecule has 1 aromatic rings. The van der Waals surface area contributed by atoms with Crippen molar-refractivity contribution in [3.05, 3.63) is 17.0 Å². The van der Waals surface area contributed by atoms with E-state index in [0.717, 1.165) is 4.68 Å². The van der Waals surface area contributed by atoms with E-state index >= 15 is 0 Å². The van der Waals surface area contributed by atoms with Crippen molar-refractivity contribution in [2.75, 3.05) is 19.8 Å². The van der Waals surface area contributed by atoms with E-state index in [1.807, 2.05) is 13.8 Å². The number of ether oxygens (including phenoxy) is 1. The highest BCUT2D eigenvalue weighted by Gasteiger charge is 2.35. The molecular weight excluding hydrogens is 323 g/mol. The number of rotatable bonds is 4. The molecule has 0 radical (unpaired) electrons. The molecule has 1 aliphatic rings. The zero-order valence-corrected chi connectivity index (χ0v) is 14.5. The number of alkyl halides is 3. The summed E-state index contributed by atoms with van der Waals surface area (Å²) in [4.78, 5) is 14.2. The summed E-state index contributed by atoms with van der Waals surface area (Å²) in [5.74, 6) is 0.219. The first-order chi connectivity index (χ1) is 11.1. The Hall–Kier alpha value is -1.57. The third kappa shape index (κ3) is 4.28. The predicted octanol–water partition coefficient (Wildman–Crippen LogP) is 3.01. The van der Waals surface area contributed by atoms with Gasteiger partial charge in [0.1, 0.15) is 6.54 Å². The summed E-state index contributed by atoms with van der Waals surface area (Å²) in [5, 5.41) is 4.03. The Balaban J connectivity index is 2.32. The lowest BCUT2D eigenvalue weighted by Gasteiger charge is -2.36. The topological polar surface area (TPSA) is 47.4 Å². The van der Waals surface area contributed by atoms with Crippen LogP contribution in [-0.2, 0) is 16.1 Å². The number of morpholine rings is 1. The molecular formula is C16H24F3N3O2. The Bertz CT molecular complexity index is 596. The molecule has 8 heteroatoms. The highest BCUT2D eigenvalue weighted by atomic mass is 19.4. The lowest BCUT2D eigenvalue weighted by atomic mass is 10.0. The first kappa shape index (κ1) is 18.8. The molecule has 0 spiro atoms. The fraction of sp³-hybridized carbons (Fsp3) is 0.750. The van der Waals surface area contributed by atoms with Crippen molar-refractivity contribution in [2.45, 2.75) is 52.9 Å². The minimum atomic E-state index is -4.34. The molecule has 1 saturated heterocycles. The van der Waals surface area contributed by atoms with Gasteiger partial charge in [0.2, 0.25) is 5.91 Å². The van der Waals surface area contributed by atoms with E-state index in [9.17, 15) is 18.0 Å². The maximum absolute atomic E-state index is 12.7. The smallest absolute Gasteiger partial charge is 0.377 e. The van der Waals surface area contributed by atoms with Crippen molar-refractivity contribution in [3.8, 4) is 0 Å². The van der Waals surface area contributed by atoms with Crippen LogP contribution < -0.4 is 0 Å². The molecule has 1 aromatic heterocycles. The second-order valence-corrected chi connectivity index (χ2v) is 6.63. The summed E-state index contributed by atoms with van der Waals surface area (Å²) < 4.78 is 44.6. The van der Waals surface area contributed by atoms with Gasteiger partial charge in [-0.05, 0) is 19.8 Å². The molecule has 1 aliphatic heterocycles. The molecule has 24 heavy (non-hydrogen) atoms. The Morgan fingerprint density at radius 2 is 2.04 bits per heavy atom. The van der Waals surface area contributed by atoms with Gasteiger partial charge >= 0.3 is 6.18 Å². The average molecular weight is 347 g/mol. The van der Waals surface area contributed by atoms with Gasteiger partial charge < -0.3 is 9.64 Å². The van der Waals surface area contributed by atoms with Crippen LogP contribution in [0, 0.1) is 19.8 Å². The van der Waals surface area contributed by atoms with Gasteiger partial charge in [0.05, 0.1) is 24.9 Å². The molecule has 2 rings (SSSR count). The predicted molar refractivity (Wildman–Crippen MR) is 82.5 cm³/mol. The van der Waals surface area contributed by atoms with Crippen LogP contribution in [0.15, 0.2) is 0 Å². The highest BCUT2D eigenvalue weighted by Crippen LogP contribution is 2.31. The van der Waals surface area contributed by atoms with E-state index in [-0.39, 0.29) is 24.5 Å². The first-order valence-electron chi connectivity index (χ1n) is 8.08. The van der Waals surface area contributed by atoms with Gasteiger partial charge in [0.25, 0.3) is 0 Å². The van der Waals surface area contributed by atoms with Crippen LogP contribution in [0.25, 0.3) is 0 Å². The van der Waals surface area contributed by atoms with Crippen LogP contribution in [-0.4, -0.2) is 46.5 Å². The van der Waals surface area contributed by atoms with Crippen LogP contribution >= 0.6 is 0 Å². The van der Waals surface area contributed by atoms with E-state index in [1.165, 1.54) is 0 Å². The van der Waals surface area contributed by atoms with Crippen molar-refractivity contribution < 1.29 is 22.7 Å². The molecule has 0 saturated carbocycles. The van der Waals surface area contributed by atoms with E-state index in [1.54, 1.807) is 18.7 Å². The monoisotopic (exact) mass is 347 g/mol. The van der Waals surface area contributed by atoms with Crippen molar-refractivity contribution in [1.82, 2.24) is 14.7 Å². The minimum Gasteiger partial charge on any atom is -0.377 e. The van der Waals surface area contributed by atoms with Gasteiger partial charge in [0, 0.05) is 24.2 Å². The molecule has 0 aliphatic carbocycles. The number of aromatic nitrogens is 2. The second kappa shape index (κ2) is 7.13. The van der Waals surface area contributed by atoms with Gasteiger partial charge in [-0.25, -0.2) is 0 Å². The zero-order valence-electron chi connectivity index (χ0n) is 14.5. The van der Waals surface area contributed by atoms with Crippen molar-refractivity contribution >= 4 is 5.91 Å².